The first-order valence-electron chi connectivity index (χ1n) is 14.4. The Hall–Kier alpha value is -3.20. The number of amides is 4. The number of likely N-dealkylation sites (tertiary alicyclic amines) is 1. The van der Waals surface area contributed by atoms with Crippen molar-refractivity contribution < 1.29 is 39.0 Å². The number of thioether (sulfide) groups is 1. The second kappa shape index (κ2) is 17.7. The van der Waals surface area contributed by atoms with Gasteiger partial charge in [-0.3, -0.25) is 29.0 Å². The van der Waals surface area contributed by atoms with Crippen LogP contribution in [0.1, 0.15) is 64.7 Å². The maximum absolute atomic E-state index is 13.5. The van der Waals surface area contributed by atoms with Gasteiger partial charge in [-0.25, -0.2) is 4.79 Å². The molecule has 0 unspecified atom stereocenters. The molecule has 0 bridgehead atoms. The van der Waals surface area contributed by atoms with Crippen molar-refractivity contribution in [2.45, 2.75) is 94.9 Å². The van der Waals surface area contributed by atoms with Gasteiger partial charge in [0.05, 0.1) is 6.04 Å². The molecule has 6 atom stereocenters. The van der Waals surface area contributed by atoms with Crippen molar-refractivity contribution >= 4 is 53.5 Å². The Labute approximate surface area is 250 Å². The lowest BCUT2D eigenvalue weighted by molar-refractivity contribution is -0.145. The summed E-state index contributed by atoms with van der Waals surface area (Å²) in [7, 11) is 0. The van der Waals surface area contributed by atoms with Gasteiger partial charge in [0.1, 0.15) is 24.2 Å². The van der Waals surface area contributed by atoms with Gasteiger partial charge in [0.15, 0.2) is 0 Å². The van der Waals surface area contributed by atoms with Crippen molar-refractivity contribution in [3.63, 3.8) is 0 Å². The number of aliphatic carboxylic acids is 2. The molecule has 0 saturated carbocycles. The van der Waals surface area contributed by atoms with Gasteiger partial charge in [-0.1, -0.05) is 6.92 Å². The average molecular weight is 613 g/mol. The van der Waals surface area contributed by atoms with Crippen molar-refractivity contribution in [1.29, 1.82) is 0 Å². The zero-order chi connectivity index (χ0) is 31.2. The van der Waals surface area contributed by atoms with Crippen molar-refractivity contribution in [2.24, 2.45) is 16.6 Å². The maximum Gasteiger partial charge on any atom is 0.326 e. The number of aliphatic imine (C=N–C) groups is 1. The van der Waals surface area contributed by atoms with Crippen LogP contribution in [0.15, 0.2) is 4.99 Å². The third-order valence-corrected chi connectivity index (χ3v) is 8.10. The summed E-state index contributed by atoms with van der Waals surface area (Å²) >= 11 is 1.47. The summed E-state index contributed by atoms with van der Waals surface area (Å²) in [5.41, 5.74) is 5.81. The van der Waals surface area contributed by atoms with E-state index in [-0.39, 0.29) is 44.1 Å². The average Bonchev–Trinajstić information content (AvgIpc) is 3.61. The van der Waals surface area contributed by atoms with Crippen LogP contribution < -0.4 is 21.7 Å². The van der Waals surface area contributed by atoms with Crippen LogP contribution in [0.5, 0.6) is 0 Å². The summed E-state index contributed by atoms with van der Waals surface area (Å²) in [6.07, 6.45) is 6.25. The van der Waals surface area contributed by atoms with Gasteiger partial charge in [0.2, 0.25) is 23.6 Å². The van der Waals surface area contributed by atoms with Crippen molar-refractivity contribution in [1.82, 2.24) is 20.9 Å². The lowest BCUT2D eigenvalue weighted by atomic mass is 10.0. The Kier molecular flexibility index (Phi) is 14.7. The zero-order valence-corrected chi connectivity index (χ0v) is 25.1. The molecule has 0 radical (unpaired) electrons. The Balaban J connectivity index is 1.91. The molecule has 4 amide bonds. The molecule has 2 rings (SSSR count). The number of carbonyl (C=O) groups excluding carboxylic acids is 4. The third-order valence-electron chi connectivity index (χ3n) is 7.45. The Morgan fingerprint density at radius 1 is 1.05 bits per heavy atom. The monoisotopic (exact) mass is 612 g/mol. The molecule has 2 heterocycles. The molecular weight excluding hydrogens is 568 g/mol. The molecule has 0 aromatic carbocycles. The number of carboxylic acids is 2. The van der Waals surface area contributed by atoms with E-state index in [2.05, 4.69) is 20.9 Å². The molecule has 236 valence electrons. The Bertz CT molecular complexity index is 1010. The first-order chi connectivity index (χ1) is 20.0. The van der Waals surface area contributed by atoms with Crippen LogP contribution in [0.3, 0.4) is 0 Å². The number of rotatable bonds is 18. The molecule has 0 aliphatic carbocycles. The molecule has 2 aliphatic rings. The lowest BCUT2D eigenvalue weighted by Crippen LogP contribution is -2.57. The van der Waals surface area contributed by atoms with Crippen LogP contribution in [0.25, 0.3) is 0 Å². The van der Waals surface area contributed by atoms with E-state index < -0.39 is 59.9 Å². The molecule has 15 heteroatoms. The van der Waals surface area contributed by atoms with E-state index in [1.54, 1.807) is 6.21 Å². The van der Waals surface area contributed by atoms with Crippen LogP contribution in [0.2, 0.25) is 0 Å². The minimum Gasteiger partial charge on any atom is -0.481 e. The number of nitrogens with zero attached hydrogens (tertiary/aromatic N) is 2. The first-order valence-corrected chi connectivity index (χ1v) is 15.7. The standard InChI is InChI=1S/C27H44N6O8S/c1-16-10-13-29-22(16)25(38)30-12-4-3-6-19(27(40)41)32-24(37)20-7-5-14-33(20)26(39)18(11-15-42-2)31-23(36)17(28)8-9-21(34)35/h13,16-20,22H,3-12,14-15,28H2,1-2H3,(H,30,38)(H,31,36)(H,32,37)(H,34,35)(H,40,41)/t16-,17+,18+,19+,20+,22-/m1/s1. The van der Waals surface area contributed by atoms with Crippen LogP contribution in [-0.4, -0.2) is 112 Å². The summed E-state index contributed by atoms with van der Waals surface area (Å²) in [6, 6.07) is -4.51. The van der Waals surface area contributed by atoms with Gasteiger partial charge in [0, 0.05) is 25.7 Å². The zero-order valence-electron chi connectivity index (χ0n) is 24.3. The minimum atomic E-state index is -1.20. The van der Waals surface area contributed by atoms with Crippen LogP contribution in [-0.2, 0) is 28.8 Å². The summed E-state index contributed by atoms with van der Waals surface area (Å²) in [4.78, 5) is 79.6. The van der Waals surface area contributed by atoms with E-state index in [0.29, 0.717) is 38.0 Å². The molecule has 0 aromatic rings. The lowest BCUT2D eigenvalue weighted by Gasteiger charge is -2.30. The highest BCUT2D eigenvalue weighted by atomic mass is 32.2. The van der Waals surface area contributed by atoms with Crippen LogP contribution in [0, 0.1) is 5.92 Å². The smallest absolute Gasteiger partial charge is 0.326 e. The molecule has 14 nitrogen and oxygen atoms in total. The molecule has 42 heavy (non-hydrogen) atoms. The maximum atomic E-state index is 13.5. The quantitative estimate of drug-likeness (QED) is 0.111. The largest absolute Gasteiger partial charge is 0.481 e. The molecule has 7 N–H and O–H groups in total. The van der Waals surface area contributed by atoms with Crippen molar-refractivity contribution in [2.75, 3.05) is 25.1 Å². The summed E-state index contributed by atoms with van der Waals surface area (Å²) in [6.45, 7) is 2.60. The van der Waals surface area contributed by atoms with E-state index >= 15 is 0 Å². The molecule has 2 aliphatic heterocycles. The Morgan fingerprint density at radius 3 is 2.40 bits per heavy atom. The van der Waals surface area contributed by atoms with E-state index in [0.717, 1.165) is 6.42 Å². The highest BCUT2D eigenvalue weighted by Gasteiger charge is 2.39. The number of carboxylic acid groups (broad SMARTS) is 2. The molecular formula is C27H44N6O8S. The fraction of sp³-hybridized carbons (Fsp3) is 0.741. The minimum absolute atomic E-state index is 0.0867. The fourth-order valence-corrected chi connectivity index (χ4v) is 5.41. The van der Waals surface area contributed by atoms with Gasteiger partial charge in [-0.05, 0) is 69.3 Å². The number of carbonyl (C=O) groups is 6. The summed E-state index contributed by atoms with van der Waals surface area (Å²) in [5, 5.41) is 26.5. The van der Waals surface area contributed by atoms with Crippen LogP contribution in [0.4, 0.5) is 0 Å². The van der Waals surface area contributed by atoms with Gasteiger partial charge in [-0.15, -0.1) is 0 Å². The summed E-state index contributed by atoms with van der Waals surface area (Å²) in [5.74, 6) is -3.44. The van der Waals surface area contributed by atoms with Gasteiger partial charge >= 0.3 is 11.9 Å². The number of nitrogens with one attached hydrogen (secondary N) is 3. The van der Waals surface area contributed by atoms with E-state index in [1.165, 1.54) is 16.7 Å². The van der Waals surface area contributed by atoms with E-state index in [9.17, 15) is 33.9 Å². The van der Waals surface area contributed by atoms with E-state index in [1.807, 2.05) is 13.2 Å². The van der Waals surface area contributed by atoms with Gasteiger partial charge < -0.3 is 36.8 Å². The van der Waals surface area contributed by atoms with Gasteiger partial charge in [0.25, 0.3) is 0 Å². The predicted molar refractivity (Wildman–Crippen MR) is 157 cm³/mol. The number of hydrogen-bond acceptors (Lipinski definition) is 9. The van der Waals surface area contributed by atoms with Crippen LogP contribution >= 0.6 is 11.8 Å². The molecule has 0 spiro atoms. The first kappa shape index (κ1) is 35.0. The number of hydrogen-bond donors (Lipinski definition) is 6. The summed E-state index contributed by atoms with van der Waals surface area (Å²) < 4.78 is 0. The van der Waals surface area contributed by atoms with E-state index in [4.69, 9.17) is 10.8 Å². The Morgan fingerprint density at radius 2 is 1.79 bits per heavy atom. The van der Waals surface area contributed by atoms with Gasteiger partial charge in [-0.2, -0.15) is 11.8 Å². The second-order valence-electron chi connectivity index (χ2n) is 10.7. The number of nitrogens with two attached hydrogens (primary N) is 1. The molecule has 1 fully saturated rings. The van der Waals surface area contributed by atoms with Crippen molar-refractivity contribution in [3.05, 3.63) is 0 Å². The SMILES string of the molecule is CSCC[C@H](NC(=O)[C@@H](N)CCC(=O)O)C(=O)N1CCC[C@H]1C(=O)N[C@@H](CCCCNC(=O)[C@@H]1N=CC[C@H]1C)C(=O)O. The topological polar surface area (TPSA) is 221 Å². The fourth-order valence-electron chi connectivity index (χ4n) is 4.94. The number of unbranched alkanes of at least 4 members (excludes halogenated alkanes) is 1. The molecule has 1 saturated heterocycles. The highest BCUT2D eigenvalue weighted by Crippen LogP contribution is 2.21. The predicted octanol–water partition coefficient (Wildman–Crippen LogP) is -0.257. The van der Waals surface area contributed by atoms with Crippen molar-refractivity contribution in [3.8, 4) is 0 Å². The highest BCUT2D eigenvalue weighted by molar-refractivity contribution is 7.98. The third kappa shape index (κ3) is 10.9. The normalized spacial score (nSPS) is 21.8. The second-order valence-corrected chi connectivity index (χ2v) is 11.7. The molecule has 0 aromatic heterocycles.